The molecule has 71 heavy (non-hydrogen) atoms. The molecule has 0 aliphatic heterocycles. The van der Waals surface area contributed by atoms with Crippen LogP contribution in [0, 0.1) is 85.1 Å². The summed E-state index contributed by atoms with van der Waals surface area (Å²) in [7, 11) is 1.55. The van der Waals surface area contributed by atoms with Crippen molar-refractivity contribution in [2.45, 2.75) is 6.54 Å². The minimum absolute atomic E-state index is 0.00580. The molecule has 0 N–H and O–H groups in total. The number of hydrogen-bond donors (Lipinski definition) is 0. The molecule has 0 saturated heterocycles. The molecule has 3 aromatic heterocycles. The van der Waals surface area contributed by atoms with Gasteiger partial charge in [0.05, 0.1) is 117 Å². The Morgan fingerprint density at radius 2 is 1.20 bits per heavy atom. The summed E-state index contributed by atoms with van der Waals surface area (Å²) in [6.45, 7) is 3.77. The number of benzene rings is 7. The number of halogens is 1. The van der Waals surface area contributed by atoms with E-state index in [9.17, 15) is 41.2 Å². The number of para-hydroxylation sites is 1. The maximum Gasteiger partial charge on any atom is 0.123 e. The Bertz CT molecular complexity index is 4300. The predicted octanol–water partition coefficient (Wildman–Crippen LogP) is 12.7. The first-order valence-corrected chi connectivity index (χ1v) is 22.4. The molecule has 0 unspecified atom stereocenters. The number of nitrogens with zero attached hydrogens (tertiary/aromatic N) is 11. The SMILES string of the molecule is C=NCc1cc(C#N)cc(C#N)c1-c1c(-c2ccc(-n3c4ccccc4c4cc(F)ccc43)cn2)c(-c2c(C#N)cc(C#N)cc2/C=N\C)c(-c2c(C#N)cc(C#N)cc2C#N)c2c1sc1ccccc12. The Kier molecular flexibility index (Phi) is 11.2. The van der Waals surface area contributed by atoms with Crippen molar-refractivity contribution in [3.63, 3.8) is 0 Å². The highest BCUT2D eigenvalue weighted by molar-refractivity contribution is 7.26. The van der Waals surface area contributed by atoms with Crippen molar-refractivity contribution in [1.29, 1.82) is 36.8 Å². The van der Waals surface area contributed by atoms with Gasteiger partial charge >= 0.3 is 0 Å². The zero-order valence-electron chi connectivity index (χ0n) is 37.2. The van der Waals surface area contributed by atoms with E-state index in [1.165, 1.54) is 53.9 Å². The highest BCUT2D eigenvalue weighted by Crippen LogP contribution is 2.57. The maximum atomic E-state index is 14.8. The van der Waals surface area contributed by atoms with E-state index in [-0.39, 0.29) is 62.4 Å². The van der Waals surface area contributed by atoms with Gasteiger partial charge < -0.3 is 4.57 Å². The molecule has 10 rings (SSSR count). The highest BCUT2D eigenvalue weighted by atomic mass is 32.1. The summed E-state index contributed by atoms with van der Waals surface area (Å²) in [5.74, 6) is -0.389. The number of hydrogen-bond acceptors (Lipinski definition) is 11. The van der Waals surface area contributed by atoms with Crippen molar-refractivity contribution in [2.75, 3.05) is 7.05 Å². The lowest BCUT2D eigenvalue weighted by atomic mass is 9.76. The van der Waals surface area contributed by atoms with E-state index >= 15 is 0 Å². The van der Waals surface area contributed by atoms with Gasteiger partial charge in [-0.3, -0.25) is 15.0 Å². The van der Waals surface area contributed by atoms with Crippen LogP contribution in [0.5, 0.6) is 0 Å². The van der Waals surface area contributed by atoms with E-state index < -0.39 is 0 Å². The second-order valence-corrected chi connectivity index (χ2v) is 17.3. The first-order valence-electron chi connectivity index (χ1n) is 21.6. The molecule has 0 bridgehead atoms. The molecule has 11 nitrogen and oxygen atoms in total. The van der Waals surface area contributed by atoms with Crippen molar-refractivity contribution in [3.05, 3.63) is 177 Å². The van der Waals surface area contributed by atoms with Crippen LogP contribution >= 0.6 is 11.3 Å². The van der Waals surface area contributed by atoms with Gasteiger partial charge in [-0.15, -0.1) is 11.3 Å². The van der Waals surface area contributed by atoms with Gasteiger partial charge in [0.25, 0.3) is 0 Å². The third-order valence-electron chi connectivity index (χ3n) is 12.4. The summed E-state index contributed by atoms with van der Waals surface area (Å²) >= 11 is 1.40. The number of nitriles is 7. The smallest absolute Gasteiger partial charge is 0.123 e. The fourth-order valence-electron chi connectivity index (χ4n) is 9.73. The number of aromatic nitrogens is 2. The Hall–Kier alpha value is -10.6. The molecule has 0 aliphatic carbocycles. The summed E-state index contributed by atoms with van der Waals surface area (Å²) in [6.07, 6.45) is 3.19. The second-order valence-electron chi connectivity index (χ2n) is 16.3. The second kappa shape index (κ2) is 17.9. The van der Waals surface area contributed by atoms with E-state index in [4.69, 9.17) is 4.98 Å². The first-order chi connectivity index (χ1) is 34.7. The summed E-state index contributed by atoms with van der Waals surface area (Å²) in [4.78, 5) is 13.9. The van der Waals surface area contributed by atoms with Crippen molar-refractivity contribution in [1.82, 2.24) is 9.55 Å². The topological polar surface area (TPSA) is 209 Å². The van der Waals surface area contributed by atoms with Crippen LogP contribution in [0.25, 0.3) is 92.3 Å². The molecular formula is C58H28FN11S. The van der Waals surface area contributed by atoms with E-state index in [0.29, 0.717) is 71.2 Å². The Morgan fingerprint density at radius 1 is 0.592 bits per heavy atom. The predicted molar refractivity (Wildman–Crippen MR) is 273 cm³/mol. The molecule has 0 spiro atoms. The minimum atomic E-state index is -0.389. The molecule has 0 radical (unpaired) electrons. The standard InChI is InChI=1S/C58H28FN11S/c1-67-29-39-19-33(23-61)17-37(27-65)51(39)56-54(46-13-12-42(31-69-46)70-47-9-5-3-7-43(47)45-21-41(59)11-14-48(45)70)57(52-38(28-66)18-34(24-62)20-40(52)30-68-2)58-53(44-8-4-6-10-49(44)71-58)55(56)50-35(25-63)15-32(22-60)16-36(50)26-64/h3-21,29,31H,2,30H2,1H3/b67-29-. The summed E-state index contributed by atoms with van der Waals surface area (Å²) in [5.41, 5.74) is 6.14. The molecule has 328 valence electrons. The van der Waals surface area contributed by atoms with Crippen molar-refractivity contribution in [3.8, 4) is 92.8 Å². The quantitative estimate of drug-likeness (QED) is 0.133. The van der Waals surface area contributed by atoms with Crippen LogP contribution in [0.4, 0.5) is 4.39 Å². The van der Waals surface area contributed by atoms with Crippen LogP contribution in [-0.4, -0.2) is 29.5 Å². The van der Waals surface area contributed by atoms with Crippen molar-refractivity contribution < 1.29 is 4.39 Å². The fourth-order valence-corrected chi connectivity index (χ4v) is 11.0. The average molecular weight is 930 g/mol. The van der Waals surface area contributed by atoms with E-state index in [1.54, 1.807) is 37.5 Å². The number of pyridine rings is 1. The third-order valence-corrected chi connectivity index (χ3v) is 13.6. The molecule has 0 atom stereocenters. The molecular weight excluding hydrogens is 902 g/mol. The van der Waals surface area contributed by atoms with E-state index in [2.05, 4.69) is 59.2 Å². The van der Waals surface area contributed by atoms with Gasteiger partial charge in [-0.05, 0) is 91.1 Å². The number of aliphatic imine (C=N–C) groups is 2. The van der Waals surface area contributed by atoms with Crippen LogP contribution < -0.4 is 0 Å². The normalized spacial score (nSPS) is 10.9. The monoisotopic (exact) mass is 929 g/mol. The lowest BCUT2D eigenvalue weighted by molar-refractivity contribution is 0.629. The van der Waals surface area contributed by atoms with E-state index in [1.807, 2.05) is 59.2 Å². The minimum Gasteiger partial charge on any atom is -0.308 e. The Labute approximate surface area is 408 Å². The third kappa shape index (κ3) is 7.07. The van der Waals surface area contributed by atoms with Gasteiger partial charge in [0.1, 0.15) is 5.82 Å². The van der Waals surface area contributed by atoms with Gasteiger partial charge in [0, 0.05) is 88.7 Å². The molecule has 7 aromatic carbocycles. The van der Waals surface area contributed by atoms with Gasteiger partial charge in [0.15, 0.2) is 0 Å². The zero-order chi connectivity index (χ0) is 49.5. The molecule has 0 saturated carbocycles. The summed E-state index contributed by atoms with van der Waals surface area (Å²) in [5, 5.41) is 78.0. The molecule has 0 amide bonds. The Morgan fingerprint density at radius 3 is 1.83 bits per heavy atom. The van der Waals surface area contributed by atoms with Gasteiger partial charge in [0.2, 0.25) is 0 Å². The number of rotatable bonds is 8. The molecule has 13 heteroatoms. The lowest BCUT2D eigenvalue weighted by Gasteiger charge is -2.26. The van der Waals surface area contributed by atoms with Crippen LogP contribution in [-0.2, 0) is 6.54 Å². The fraction of sp³-hybridized carbons (Fsp3) is 0.0345. The highest BCUT2D eigenvalue weighted by Gasteiger charge is 2.34. The van der Waals surface area contributed by atoms with Crippen LogP contribution in [0.1, 0.15) is 50.1 Å². The van der Waals surface area contributed by atoms with Crippen LogP contribution in [0.3, 0.4) is 0 Å². The number of fused-ring (bicyclic) bond motifs is 6. The molecule has 0 fully saturated rings. The van der Waals surface area contributed by atoms with Crippen LogP contribution in [0.15, 0.2) is 131 Å². The molecule has 10 aromatic rings. The number of thiophene rings is 1. The molecule has 0 aliphatic rings. The van der Waals surface area contributed by atoms with Crippen molar-refractivity contribution in [2.24, 2.45) is 9.98 Å². The van der Waals surface area contributed by atoms with Crippen LogP contribution in [0.2, 0.25) is 0 Å². The zero-order valence-corrected chi connectivity index (χ0v) is 38.1. The van der Waals surface area contributed by atoms with Gasteiger partial charge in [-0.2, -0.15) is 36.8 Å². The van der Waals surface area contributed by atoms with E-state index in [0.717, 1.165) is 21.1 Å². The lowest BCUT2D eigenvalue weighted by Crippen LogP contribution is -2.06. The first kappa shape index (κ1) is 44.3. The molecule has 3 heterocycles. The van der Waals surface area contributed by atoms with Gasteiger partial charge in [-0.25, -0.2) is 4.39 Å². The summed E-state index contributed by atoms with van der Waals surface area (Å²) in [6, 6.07) is 48.1. The largest absolute Gasteiger partial charge is 0.308 e. The Balaban J connectivity index is 1.52. The van der Waals surface area contributed by atoms with Gasteiger partial charge in [-0.1, -0.05) is 36.4 Å². The van der Waals surface area contributed by atoms with Crippen molar-refractivity contribution >= 4 is 66.2 Å². The maximum absolute atomic E-state index is 14.8. The average Bonchev–Trinajstić information content (AvgIpc) is 3.95. The summed E-state index contributed by atoms with van der Waals surface area (Å²) < 4.78 is 18.2.